The van der Waals surface area contributed by atoms with Crippen molar-refractivity contribution in [2.24, 2.45) is 0 Å². The van der Waals surface area contributed by atoms with Gasteiger partial charge in [0, 0.05) is 9.86 Å². The smallest absolute Gasteiger partial charge is 0.137 e. The van der Waals surface area contributed by atoms with E-state index in [2.05, 4.69) is 60.2 Å². The first kappa shape index (κ1) is 13.6. The molecule has 0 aliphatic heterocycles. The molecule has 2 rings (SSSR count). The molecule has 0 spiro atoms. The summed E-state index contributed by atoms with van der Waals surface area (Å²) in [6.45, 7) is 6.55. The molecule has 0 saturated carbocycles. The van der Waals surface area contributed by atoms with E-state index in [1.165, 1.54) is 10.9 Å². The summed E-state index contributed by atoms with van der Waals surface area (Å²) < 4.78 is 7.19. The maximum Gasteiger partial charge on any atom is 0.137 e. The zero-order valence-electron chi connectivity index (χ0n) is 11.4. The summed E-state index contributed by atoms with van der Waals surface area (Å²) in [5.41, 5.74) is 2.29. The van der Waals surface area contributed by atoms with Crippen molar-refractivity contribution < 1.29 is 4.42 Å². The molecule has 0 aliphatic rings. The standard InChI is InChI=1S/C15H20BrNO/c1-5-13(17-4)14-7-10-6-11(16)8-12(9(2)3)15(10)18-14/h6-9,13,17H,5H2,1-4H3. The Morgan fingerprint density at radius 1 is 1.28 bits per heavy atom. The van der Waals surface area contributed by atoms with Crippen LogP contribution in [0.2, 0.25) is 0 Å². The first-order chi connectivity index (χ1) is 8.56. The molecule has 1 aromatic heterocycles. The quantitative estimate of drug-likeness (QED) is 0.860. The molecule has 1 aromatic carbocycles. The molecule has 0 radical (unpaired) electrons. The van der Waals surface area contributed by atoms with Crippen LogP contribution in [-0.4, -0.2) is 7.05 Å². The van der Waals surface area contributed by atoms with E-state index in [-0.39, 0.29) is 6.04 Å². The average Bonchev–Trinajstić information content (AvgIpc) is 2.72. The van der Waals surface area contributed by atoms with Crippen molar-refractivity contribution in [2.75, 3.05) is 7.05 Å². The highest BCUT2D eigenvalue weighted by atomic mass is 79.9. The molecule has 98 valence electrons. The van der Waals surface area contributed by atoms with Gasteiger partial charge in [-0.3, -0.25) is 0 Å². The average molecular weight is 310 g/mol. The highest BCUT2D eigenvalue weighted by Crippen LogP contribution is 2.33. The van der Waals surface area contributed by atoms with Crippen LogP contribution in [-0.2, 0) is 0 Å². The fraction of sp³-hybridized carbons (Fsp3) is 0.467. The lowest BCUT2D eigenvalue weighted by atomic mass is 10.0. The minimum atomic E-state index is 0.288. The lowest BCUT2D eigenvalue weighted by molar-refractivity contribution is 0.442. The van der Waals surface area contributed by atoms with E-state index in [1.807, 2.05) is 7.05 Å². The third kappa shape index (κ3) is 2.47. The summed E-state index contributed by atoms with van der Waals surface area (Å²) in [6, 6.07) is 6.71. The molecule has 0 saturated heterocycles. The monoisotopic (exact) mass is 309 g/mol. The van der Waals surface area contributed by atoms with Crippen LogP contribution in [0.4, 0.5) is 0 Å². The highest BCUT2D eigenvalue weighted by molar-refractivity contribution is 9.10. The van der Waals surface area contributed by atoms with Crippen molar-refractivity contribution in [3.63, 3.8) is 0 Å². The largest absolute Gasteiger partial charge is 0.459 e. The second kappa shape index (κ2) is 5.45. The van der Waals surface area contributed by atoms with Crippen LogP contribution in [0.3, 0.4) is 0 Å². The van der Waals surface area contributed by atoms with Crippen LogP contribution in [0.15, 0.2) is 27.1 Å². The molecular weight excluding hydrogens is 290 g/mol. The van der Waals surface area contributed by atoms with Gasteiger partial charge in [-0.05, 0) is 43.1 Å². The molecule has 0 aliphatic carbocycles. The van der Waals surface area contributed by atoms with E-state index in [0.717, 1.165) is 22.2 Å². The molecule has 0 amide bonds. The fourth-order valence-electron chi connectivity index (χ4n) is 2.31. The Morgan fingerprint density at radius 2 is 2.00 bits per heavy atom. The molecule has 2 nitrogen and oxygen atoms in total. The minimum Gasteiger partial charge on any atom is -0.459 e. The maximum absolute atomic E-state index is 6.08. The molecule has 1 N–H and O–H groups in total. The topological polar surface area (TPSA) is 25.2 Å². The van der Waals surface area contributed by atoms with E-state index in [9.17, 15) is 0 Å². The summed E-state index contributed by atoms with van der Waals surface area (Å²) in [5.74, 6) is 1.48. The molecule has 1 heterocycles. The zero-order chi connectivity index (χ0) is 13.3. The fourth-order valence-corrected chi connectivity index (χ4v) is 2.80. The Kier molecular flexibility index (Phi) is 4.13. The molecular formula is C15H20BrNO. The first-order valence-electron chi connectivity index (χ1n) is 6.47. The van der Waals surface area contributed by atoms with Crippen molar-refractivity contribution in [1.29, 1.82) is 0 Å². The first-order valence-corrected chi connectivity index (χ1v) is 7.26. The molecule has 3 heteroatoms. The predicted molar refractivity (Wildman–Crippen MR) is 80.1 cm³/mol. The molecule has 0 bridgehead atoms. The normalized spacial score (nSPS) is 13.4. The molecule has 1 unspecified atom stereocenters. The number of nitrogens with one attached hydrogen (secondary N) is 1. The van der Waals surface area contributed by atoms with E-state index < -0.39 is 0 Å². The lowest BCUT2D eigenvalue weighted by Crippen LogP contribution is -2.14. The van der Waals surface area contributed by atoms with E-state index >= 15 is 0 Å². The number of hydrogen-bond acceptors (Lipinski definition) is 2. The molecule has 0 fully saturated rings. The second-order valence-electron chi connectivity index (χ2n) is 4.97. The third-order valence-corrected chi connectivity index (χ3v) is 3.81. The van der Waals surface area contributed by atoms with Gasteiger partial charge in [-0.1, -0.05) is 36.7 Å². The van der Waals surface area contributed by atoms with Gasteiger partial charge in [-0.15, -0.1) is 0 Å². The van der Waals surface area contributed by atoms with Crippen LogP contribution in [0.5, 0.6) is 0 Å². The second-order valence-corrected chi connectivity index (χ2v) is 5.88. The van der Waals surface area contributed by atoms with Crippen LogP contribution in [0.25, 0.3) is 11.0 Å². The summed E-state index contributed by atoms with van der Waals surface area (Å²) >= 11 is 3.57. The Hall–Kier alpha value is -0.800. The summed E-state index contributed by atoms with van der Waals surface area (Å²) in [5, 5.41) is 4.46. The number of fused-ring (bicyclic) bond motifs is 1. The van der Waals surface area contributed by atoms with Crippen LogP contribution in [0.1, 0.15) is 50.5 Å². The SMILES string of the molecule is CCC(NC)c1cc2cc(Br)cc(C(C)C)c2o1. The van der Waals surface area contributed by atoms with Crippen molar-refractivity contribution in [3.8, 4) is 0 Å². The molecule has 18 heavy (non-hydrogen) atoms. The van der Waals surface area contributed by atoms with Crippen molar-refractivity contribution in [2.45, 2.75) is 39.2 Å². The Bertz CT molecular complexity index is 541. The maximum atomic E-state index is 6.08. The van der Waals surface area contributed by atoms with Gasteiger partial charge in [0.15, 0.2) is 0 Å². The van der Waals surface area contributed by atoms with Crippen molar-refractivity contribution in [1.82, 2.24) is 5.32 Å². The summed E-state index contributed by atoms with van der Waals surface area (Å²) in [7, 11) is 1.97. The van der Waals surface area contributed by atoms with Gasteiger partial charge < -0.3 is 9.73 Å². The number of hydrogen-bond donors (Lipinski definition) is 1. The number of benzene rings is 1. The van der Waals surface area contributed by atoms with Gasteiger partial charge >= 0.3 is 0 Å². The number of furan rings is 1. The van der Waals surface area contributed by atoms with Crippen LogP contribution >= 0.6 is 15.9 Å². The molecule has 2 aromatic rings. The Labute approximate surface area is 117 Å². The van der Waals surface area contributed by atoms with Gasteiger partial charge in [0.2, 0.25) is 0 Å². The minimum absolute atomic E-state index is 0.288. The van der Waals surface area contributed by atoms with Gasteiger partial charge in [-0.2, -0.15) is 0 Å². The van der Waals surface area contributed by atoms with Gasteiger partial charge in [0.1, 0.15) is 11.3 Å². The Balaban J connectivity index is 2.59. The Morgan fingerprint density at radius 3 is 2.56 bits per heavy atom. The van der Waals surface area contributed by atoms with Gasteiger partial charge in [0.05, 0.1) is 6.04 Å². The lowest BCUT2D eigenvalue weighted by Gasteiger charge is -2.10. The molecule has 1 atom stereocenters. The number of rotatable bonds is 4. The predicted octanol–water partition coefficient (Wildman–Crippen LogP) is 4.99. The van der Waals surface area contributed by atoms with Crippen LogP contribution < -0.4 is 5.32 Å². The third-order valence-electron chi connectivity index (χ3n) is 3.35. The highest BCUT2D eigenvalue weighted by Gasteiger charge is 2.16. The summed E-state index contributed by atoms with van der Waals surface area (Å²) in [4.78, 5) is 0. The van der Waals surface area contributed by atoms with Crippen molar-refractivity contribution >= 4 is 26.9 Å². The number of halogens is 1. The van der Waals surface area contributed by atoms with Gasteiger partial charge in [-0.25, -0.2) is 0 Å². The van der Waals surface area contributed by atoms with E-state index in [1.54, 1.807) is 0 Å². The van der Waals surface area contributed by atoms with Crippen LogP contribution in [0, 0.1) is 0 Å². The zero-order valence-corrected chi connectivity index (χ0v) is 13.0. The van der Waals surface area contributed by atoms with Gasteiger partial charge in [0.25, 0.3) is 0 Å². The van der Waals surface area contributed by atoms with Crippen molar-refractivity contribution in [3.05, 3.63) is 34.0 Å². The summed E-state index contributed by atoms with van der Waals surface area (Å²) in [6.07, 6.45) is 1.02. The van der Waals surface area contributed by atoms with E-state index in [0.29, 0.717) is 5.92 Å². The van der Waals surface area contributed by atoms with E-state index in [4.69, 9.17) is 4.42 Å².